The minimum absolute atomic E-state index is 0.0279. The predicted octanol–water partition coefficient (Wildman–Crippen LogP) is 2.61. The summed E-state index contributed by atoms with van der Waals surface area (Å²) < 4.78 is 0.142. The molecule has 0 aromatic heterocycles. The van der Waals surface area contributed by atoms with E-state index < -0.39 is 12.0 Å². The monoisotopic (exact) mass is 332 g/mol. The molecule has 0 aromatic carbocycles. The van der Waals surface area contributed by atoms with Crippen LogP contribution in [0, 0.1) is 0 Å². The van der Waals surface area contributed by atoms with Gasteiger partial charge in [0.25, 0.3) is 0 Å². The summed E-state index contributed by atoms with van der Waals surface area (Å²) >= 11 is 3.38. The molecule has 2 aliphatic rings. The number of carboxylic acids is 1. The Balaban J connectivity index is 1.98. The van der Waals surface area contributed by atoms with Crippen LogP contribution in [0.15, 0.2) is 0 Å². The molecular weight excluding hydrogens is 308 g/mol. The molecular formula is C14H24N2O3S2. The summed E-state index contributed by atoms with van der Waals surface area (Å²) in [5.74, 6) is -0.427. The molecule has 7 heteroatoms. The van der Waals surface area contributed by atoms with E-state index >= 15 is 0 Å². The maximum Gasteiger partial charge on any atom is 0.327 e. The summed E-state index contributed by atoms with van der Waals surface area (Å²) in [5, 5.41) is 12.3. The molecule has 2 amide bonds. The molecule has 1 heterocycles. The molecule has 1 saturated heterocycles. The Hall–Kier alpha value is -0.560. The number of aliphatic carboxylic acids is 1. The van der Waals surface area contributed by atoms with Crippen molar-refractivity contribution in [2.45, 2.75) is 55.2 Å². The lowest BCUT2D eigenvalue weighted by Crippen LogP contribution is -2.52. The quantitative estimate of drug-likeness (QED) is 0.810. The number of nitrogens with zero attached hydrogens (tertiary/aromatic N) is 1. The Kier molecular flexibility index (Phi) is 5.71. The van der Waals surface area contributed by atoms with Crippen LogP contribution in [0.5, 0.6) is 0 Å². The molecule has 2 N–H and O–H groups in total. The molecule has 0 radical (unpaired) electrons. The van der Waals surface area contributed by atoms with Gasteiger partial charge in [-0.15, -0.1) is 11.8 Å². The van der Waals surface area contributed by atoms with Gasteiger partial charge in [-0.3, -0.25) is 4.90 Å². The van der Waals surface area contributed by atoms with Crippen molar-refractivity contribution in [1.29, 1.82) is 0 Å². The van der Waals surface area contributed by atoms with E-state index in [1.807, 2.05) is 18.7 Å². The second kappa shape index (κ2) is 7.13. The van der Waals surface area contributed by atoms with Crippen LogP contribution in [0.25, 0.3) is 0 Å². The number of hydrogen-bond acceptors (Lipinski definition) is 4. The van der Waals surface area contributed by atoms with Crippen molar-refractivity contribution >= 4 is 35.5 Å². The van der Waals surface area contributed by atoms with Gasteiger partial charge < -0.3 is 10.4 Å². The van der Waals surface area contributed by atoms with E-state index in [0.717, 1.165) is 19.3 Å². The highest BCUT2D eigenvalue weighted by atomic mass is 32.2. The van der Waals surface area contributed by atoms with Crippen LogP contribution in [0.1, 0.15) is 39.0 Å². The molecule has 0 bridgehead atoms. The number of hydrogen-bond donors (Lipinski definition) is 2. The molecule has 120 valence electrons. The molecule has 0 spiro atoms. The highest BCUT2D eigenvalue weighted by Crippen LogP contribution is 2.39. The Morgan fingerprint density at radius 3 is 2.62 bits per heavy atom. The summed E-state index contributed by atoms with van der Waals surface area (Å²) in [7, 11) is 0. The topological polar surface area (TPSA) is 69.6 Å². The van der Waals surface area contributed by atoms with E-state index in [4.69, 9.17) is 0 Å². The van der Waals surface area contributed by atoms with Crippen molar-refractivity contribution in [2.75, 3.05) is 18.6 Å². The molecule has 21 heavy (non-hydrogen) atoms. The SMILES string of the molecule is CCC1SCC(C(=O)O)N1C(=O)NCC1(SC)CCCC1. The van der Waals surface area contributed by atoms with Crippen molar-refractivity contribution in [3.05, 3.63) is 0 Å². The summed E-state index contributed by atoms with van der Waals surface area (Å²) in [5.41, 5.74) is 0. The van der Waals surface area contributed by atoms with Crippen molar-refractivity contribution in [1.82, 2.24) is 10.2 Å². The summed E-state index contributed by atoms with van der Waals surface area (Å²) in [6, 6.07) is -0.923. The summed E-state index contributed by atoms with van der Waals surface area (Å²) in [4.78, 5) is 25.3. The van der Waals surface area contributed by atoms with E-state index in [0.29, 0.717) is 12.3 Å². The maximum absolute atomic E-state index is 12.5. The van der Waals surface area contributed by atoms with Gasteiger partial charge >= 0.3 is 12.0 Å². The number of urea groups is 1. The first kappa shape index (κ1) is 16.8. The molecule has 1 aliphatic heterocycles. The van der Waals surface area contributed by atoms with Crippen LogP contribution in [0.3, 0.4) is 0 Å². The number of rotatable bonds is 5. The van der Waals surface area contributed by atoms with Crippen LogP contribution in [0.2, 0.25) is 0 Å². The van der Waals surface area contributed by atoms with E-state index in [9.17, 15) is 14.7 Å². The van der Waals surface area contributed by atoms with Crippen LogP contribution in [-0.4, -0.2) is 56.7 Å². The number of amides is 2. The first-order chi connectivity index (χ1) is 10.0. The Morgan fingerprint density at radius 1 is 1.43 bits per heavy atom. The minimum Gasteiger partial charge on any atom is -0.480 e. The van der Waals surface area contributed by atoms with Crippen LogP contribution in [-0.2, 0) is 4.79 Å². The molecule has 2 rings (SSSR count). The van der Waals surface area contributed by atoms with Crippen molar-refractivity contribution in [3.8, 4) is 0 Å². The summed E-state index contributed by atoms with van der Waals surface area (Å²) in [6.45, 7) is 2.62. The second-order valence-electron chi connectivity index (χ2n) is 5.71. The number of thioether (sulfide) groups is 2. The Morgan fingerprint density at radius 2 is 2.10 bits per heavy atom. The average molecular weight is 332 g/mol. The van der Waals surface area contributed by atoms with Gasteiger partial charge in [0, 0.05) is 17.0 Å². The largest absolute Gasteiger partial charge is 0.480 e. The fraction of sp³-hybridized carbons (Fsp3) is 0.857. The first-order valence-corrected chi connectivity index (χ1v) is 9.76. The van der Waals surface area contributed by atoms with Crippen LogP contribution >= 0.6 is 23.5 Å². The van der Waals surface area contributed by atoms with Gasteiger partial charge in [-0.2, -0.15) is 11.8 Å². The minimum atomic E-state index is -0.908. The molecule has 5 nitrogen and oxygen atoms in total. The number of carboxylic acid groups (broad SMARTS) is 1. The lowest BCUT2D eigenvalue weighted by atomic mass is 10.1. The van der Waals surface area contributed by atoms with Gasteiger partial charge in [-0.05, 0) is 25.5 Å². The standard InChI is InChI=1S/C14H24N2O3S2/c1-3-11-16(10(8-21-11)12(17)18)13(19)15-9-14(20-2)6-4-5-7-14/h10-11H,3-9H2,1-2H3,(H,15,19)(H,17,18). The molecule has 0 aromatic rings. The van der Waals surface area contributed by atoms with Gasteiger partial charge in [0.1, 0.15) is 6.04 Å². The zero-order valence-corrected chi connectivity index (χ0v) is 14.3. The third-order valence-corrected chi connectivity index (χ3v) is 7.34. The fourth-order valence-electron chi connectivity index (χ4n) is 3.14. The van der Waals surface area contributed by atoms with Gasteiger partial charge in [-0.25, -0.2) is 9.59 Å². The molecule has 2 unspecified atom stereocenters. The maximum atomic E-state index is 12.5. The number of nitrogens with one attached hydrogen (secondary N) is 1. The van der Waals surface area contributed by atoms with E-state index in [1.165, 1.54) is 17.7 Å². The number of carbonyl (C=O) groups is 2. The molecule has 1 saturated carbocycles. The summed E-state index contributed by atoms with van der Waals surface area (Å²) in [6.07, 6.45) is 7.55. The molecule has 1 aliphatic carbocycles. The zero-order valence-electron chi connectivity index (χ0n) is 12.6. The van der Waals surface area contributed by atoms with Gasteiger partial charge in [0.2, 0.25) is 0 Å². The first-order valence-electron chi connectivity index (χ1n) is 7.49. The third kappa shape index (κ3) is 3.62. The van der Waals surface area contributed by atoms with Gasteiger partial charge in [-0.1, -0.05) is 19.8 Å². The second-order valence-corrected chi connectivity index (χ2v) is 8.20. The van der Waals surface area contributed by atoms with Crippen LogP contribution in [0.4, 0.5) is 4.79 Å². The predicted molar refractivity (Wildman–Crippen MR) is 87.9 cm³/mol. The molecule has 2 atom stereocenters. The lowest BCUT2D eigenvalue weighted by molar-refractivity contribution is -0.141. The van der Waals surface area contributed by atoms with Gasteiger partial charge in [0.05, 0.1) is 5.37 Å². The Labute approximate surface area is 134 Å². The van der Waals surface area contributed by atoms with Crippen LogP contribution < -0.4 is 5.32 Å². The molecule has 2 fully saturated rings. The Bertz CT molecular complexity index is 400. The third-order valence-electron chi connectivity index (χ3n) is 4.47. The lowest BCUT2D eigenvalue weighted by Gasteiger charge is -2.31. The normalized spacial score (nSPS) is 27.8. The average Bonchev–Trinajstić information content (AvgIpc) is 3.11. The fourth-order valence-corrected chi connectivity index (χ4v) is 5.40. The van der Waals surface area contributed by atoms with E-state index in [-0.39, 0.29) is 16.2 Å². The number of carbonyl (C=O) groups excluding carboxylic acids is 1. The van der Waals surface area contributed by atoms with Gasteiger partial charge in [0.15, 0.2) is 0 Å². The van der Waals surface area contributed by atoms with E-state index in [1.54, 1.807) is 11.8 Å². The highest BCUT2D eigenvalue weighted by molar-refractivity contribution is 8.00. The zero-order chi connectivity index (χ0) is 15.5. The van der Waals surface area contributed by atoms with E-state index in [2.05, 4.69) is 11.6 Å². The van der Waals surface area contributed by atoms with Crippen molar-refractivity contribution in [2.24, 2.45) is 0 Å². The van der Waals surface area contributed by atoms with Crippen molar-refractivity contribution in [3.63, 3.8) is 0 Å². The van der Waals surface area contributed by atoms with Crippen molar-refractivity contribution < 1.29 is 14.7 Å². The highest BCUT2D eigenvalue weighted by Gasteiger charge is 2.42. The smallest absolute Gasteiger partial charge is 0.327 e.